The first-order chi connectivity index (χ1) is 11.0. The number of aryl methyl sites for hydroxylation is 2. The summed E-state index contributed by atoms with van der Waals surface area (Å²) in [6, 6.07) is 14.4. The van der Waals surface area contributed by atoms with Crippen LogP contribution in [0.2, 0.25) is 0 Å². The molecule has 0 heterocycles. The molecule has 0 fully saturated rings. The Morgan fingerprint density at radius 1 is 1.09 bits per heavy atom. The maximum absolute atomic E-state index is 12.6. The van der Waals surface area contributed by atoms with E-state index in [4.69, 9.17) is 0 Å². The van der Waals surface area contributed by atoms with Crippen LogP contribution in [0.4, 0.5) is 0 Å². The summed E-state index contributed by atoms with van der Waals surface area (Å²) in [6.45, 7) is 1.72. The van der Waals surface area contributed by atoms with Crippen LogP contribution < -0.4 is 4.72 Å². The molecule has 0 saturated heterocycles. The lowest BCUT2D eigenvalue weighted by atomic mass is 9.82. The van der Waals surface area contributed by atoms with Crippen LogP contribution in [0.1, 0.15) is 35.4 Å². The van der Waals surface area contributed by atoms with Crippen molar-refractivity contribution in [3.05, 3.63) is 65.2 Å². The molecule has 1 unspecified atom stereocenters. The average molecular weight is 329 g/mol. The quantitative estimate of drug-likeness (QED) is 0.942. The Kier molecular flexibility index (Phi) is 4.22. The number of rotatable bonds is 3. The van der Waals surface area contributed by atoms with Gasteiger partial charge in [0.1, 0.15) is 0 Å². The molecule has 1 N–H and O–H groups in total. The van der Waals surface area contributed by atoms with Crippen molar-refractivity contribution < 1.29 is 13.2 Å². The molecule has 5 heteroatoms. The lowest BCUT2D eigenvalue weighted by Crippen LogP contribution is -2.36. The Bertz CT molecular complexity index is 843. The van der Waals surface area contributed by atoms with Gasteiger partial charge in [-0.15, -0.1) is 0 Å². The van der Waals surface area contributed by atoms with Gasteiger partial charge in [-0.3, -0.25) is 4.79 Å². The predicted octanol–water partition coefficient (Wildman–Crippen LogP) is 2.92. The molecule has 0 saturated carbocycles. The van der Waals surface area contributed by atoms with Crippen molar-refractivity contribution in [3.63, 3.8) is 0 Å². The Morgan fingerprint density at radius 3 is 2.57 bits per heavy atom. The van der Waals surface area contributed by atoms with Crippen molar-refractivity contribution in [3.8, 4) is 0 Å². The highest BCUT2D eigenvalue weighted by atomic mass is 32.2. The molecular formula is C18H19NO3S. The van der Waals surface area contributed by atoms with Crippen LogP contribution in [0, 0.1) is 6.92 Å². The van der Waals surface area contributed by atoms with Crippen molar-refractivity contribution in [2.75, 3.05) is 0 Å². The summed E-state index contributed by atoms with van der Waals surface area (Å²) in [7, 11) is -3.84. The van der Waals surface area contributed by atoms with E-state index in [0.29, 0.717) is 12.0 Å². The van der Waals surface area contributed by atoms with Gasteiger partial charge in [-0.1, -0.05) is 42.5 Å². The Balaban J connectivity index is 1.87. The van der Waals surface area contributed by atoms with E-state index in [-0.39, 0.29) is 4.90 Å². The maximum atomic E-state index is 12.6. The lowest BCUT2D eigenvalue weighted by molar-refractivity contribution is -0.121. The molecule has 1 aliphatic rings. The van der Waals surface area contributed by atoms with Crippen molar-refractivity contribution in [1.82, 2.24) is 4.72 Å². The van der Waals surface area contributed by atoms with E-state index in [0.717, 1.165) is 24.0 Å². The normalized spacial score (nSPS) is 17.3. The largest absolute Gasteiger partial charge is 0.273 e. The van der Waals surface area contributed by atoms with Gasteiger partial charge in [0.05, 0.1) is 10.8 Å². The fourth-order valence-corrected chi connectivity index (χ4v) is 4.41. The second-order valence-electron chi connectivity index (χ2n) is 5.88. The van der Waals surface area contributed by atoms with Gasteiger partial charge >= 0.3 is 0 Å². The molecule has 23 heavy (non-hydrogen) atoms. The van der Waals surface area contributed by atoms with Crippen LogP contribution in [-0.4, -0.2) is 14.3 Å². The summed E-state index contributed by atoms with van der Waals surface area (Å²) >= 11 is 0. The number of hydrogen-bond acceptors (Lipinski definition) is 3. The number of sulfonamides is 1. The van der Waals surface area contributed by atoms with Crippen LogP contribution >= 0.6 is 0 Å². The summed E-state index contributed by atoms with van der Waals surface area (Å²) in [5.74, 6) is -0.848. The summed E-state index contributed by atoms with van der Waals surface area (Å²) in [6.07, 6.45) is 2.50. The maximum Gasteiger partial charge on any atom is 0.264 e. The zero-order valence-electron chi connectivity index (χ0n) is 13.0. The predicted molar refractivity (Wildman–Crippen MR) is 88.6 cm³/mol. The third-order valence-corrected chi connectivity index (χ3v) is 5.81. The monoisotopic (exact) mass is 329 g/mol. The molecule has 0 radical (unpaired) electrons. The molecule has 0 spiro atoms. The molecular weight excluding hydrogens is 310 g/mol. The minimum atomic E-state index is -3.84. The second-order valence-corrected chi connectivity index (χ2v) is 7.53. The zero-order valence-corrected chi connectivity index (χ0v) is 13.8. The van der Waals surface area contributed by atoms with Gasteiger partial charge in [0.25, 0.3) is 10.0 Å². The van der Waals surface area contributed by atoms with E-state index in [9.17, 15) is 13.2 Å². The molecule has 1 aliphatic carbocycles. The molecule has 2 aromatic rings. The summed E-state index contributed by atoms with van der Waals surface area (Å²) in [5, 5.41) is 0. The minimum Gasteiger partial charge on any atom is -0.273 e. The Hall–Kier alpha value is -2.14. The van der Waals surface area contributed by atoms with Gasteiger partial charge < -0.3 is 0 Å². The Morgan fingerprint density at radius 2 is 1.78 bits per heavy atom. The fraction of sp³-hybridized carbons (Fsp3) is 0.278. The molecule has 0 aliphatic heterocycles. The highest BCUT2D eigenvalue weighted by Crippen LogP contribution is 2.32. The standard InChI is InChI=1S/C18H19NO3S/c1-13-7-2-5-12-17(13)23(21,22)19-18(20)16-11-6-9-14-8-3-4-10-15(14)16/h2-5,7-8,10,12,16H,6,9,11H2,1H3,(H,19,20). The SMILES string of the molecule is Cc1ccccc1S(=O)(=O)NC(=O)C1CCCc2ccccc21. The van der Waals surface area contributed by atoms with Crippen LogP contribution in [0.25, 0.3) is 0 Å². The molecule has 120 valence electrons. The van der Waals surface area contributed by atoms with Gasteiger partial charge in [0.2, 0.25) is 5.91 Å². The first-order valence-electron chi connectivity index (χ1n) is 7.69. The van der Waals surface area contributed by atoms with Gasteiger partial charge in [0.15, 0.2) is 0 Å². The molecule has 1 atom stereocenters. The highest BCUT2D eigenvalue weighted by Gasteiger charge is 2.29. The number of carbonyl (C=O) groups is 1. The molecule has 2 aromatic carbocycles. The van der Waals surface area contributed by atoms with Crippen molar-refractivity contribution in [2.45, 2.75) is 37.0 Å². The van der Waals surface area contributed by atoms with Gasteiger partial charge in [-0.25, -0.2) is 13.1 Å². The average Bonchev–Trinajstić information content (AvgIpc) is 2.54. The van der Waals surface area contributed by atoms with Crippen LogP contribution in [0.15, 0.2) is 53.4 Å². The van der Waals surface area contributed by atoms with Crippen molar-refractivity contribution >= 4 is 15.9 Å². The van der Waals surface area contributed by atoms with Crippen LogP contribution in [0.5, 0.6) is 0 Å². The number of nitrogens with one attached hydrogen (secondary N) is 1. The second kappa shape index (κ2) is 6.16. The third-order valence-electron chi connectivity index (χ3n) is 4.30. The van der Waals surface area contributed by atoms with Gasteiger partial charge in [-0.2, -0.15) is 0 Å². The third kappa shape index (κ3) is 3.15. The number of hydrogen-bond donors (Lipinski definition) is 1. The molecule has 1 amide bonds. The fourth-order valence-electron chi connectivity index (χ4n) is 3.14. The highest BCUT2D eigenvalue weighted by molar-refractivity contribution is 7.90. The van der Waals surface area contributed by atoms with E-state index in [2.05, 4.69) is 4.72 Å². The number of carbonyl (C=O) groups excluding carboxylic acids is 1. The molecule has 4 nitrogen and oxygen atoms in total. The summed E-state index contributed by atoms with van der Waals surface area (Å²) in [4.78, 5) is 12.7. The van der Waals surface area contributed by atoms with Crippen LogP contribution in [0.3, 0.4) is 0 Å². The first kappa shape index (κ1) is 15.7. The lowest BCUT2D eigenvalue weighted by Gasteiger charge is -2.24. The topological polar surface area (TPSA) is 63.2 Å². The number of benzene rings is 2. The van der Waals surface area contributed by atoms with Gasteiger partial charge in [-0.05, 0) is 48.9 Å². The summed E-state index contributed by atoms with van der Waals surface area (Å²) in [5.41, 5.74) is 2.69. The van der Waals surface area contributed by atoms with E-state index < -0.39 is 21.8 Å². The number of fused-ring (bicyclic) bond motifs is 1. The molecule has 0 bridgehead atoms. The Labute approximate surface area is 136 Å². The summed E-state index contributed by atoms with van der Waals surface area (Å²) < 4.78 is 27.2. The van der Waals surface area contributed by atoms with Crippen molar-refractivity contribution in [1.29, 1.82) is 0 Å². The van der Waals surface area contributed by atoms with E-state index >= 15 is 0 Å². The van der Waals surface area contributed by atoms with E-state index in [1.165, 1.54) is 6.07 Å². The minimum absolute atomic E-state index is 0.150. The van der Waals surface area contributed by atoms with Gasteiger partial charge in [0, 0.05) is 0 Å². The van der Waals surface area contributed by atoms with E-state index in [1.54, 1.807) is 25.1 Å². The van der Waals surface area contributed by atoms with Crippen molar-refractivity contribution in [2.24, 2.45) is 0 Å². The van der Waals surface area contributed by atoms with E-state index in [1.807, 2.05) is 24.3 Å². The zero-order chi connectivity index (χ0) is 16.4. The number of amides is 1. The molecule has 3 rings (SSSR count). The van der Waals surface area contributed by atoms with Crippen LogP contribution in [-0.2, 0) is 21.2 Å². The first-order valence-corrected chi connectivity index (χ1v) is 9.17. The smallest absolute Gasteiger partial charge is 0.264 e. The molecule has 0 aromatic heterocycles.